The molecule has 0 saturated carbocycles. The van der Waals surface area contributed by atoms with E-state index in [4.69, 9.17) is 0 Å². The molecule has 0 spiro atoms. The molecule has 1 aromatic carbocycles. The fraction of sp³-hybridized carbons (Fsp3) is 0.500. The summed E-state index contributed by atoms with van der Waals surface area (Å²) in [5, 5.41) is 9.61. The molecule has 148 valence electrons. The molecular formula is C20H30N4O3. The van der Waals surface area contributed by atoms with Crippen molar-refractivity contribution in [2.45, 2.75) is 19.8 Å². The highest BCUT2D eigenvalue weighted by atomic mass is 16.3. The maximum atomic E-state index is 12.1. The highest BCUT2D eigenvalue weighted by Crippen LogP contribution is 2.21. The van der Waals surface area contributed by atoms with E-state index in [0.717, 1.165) is 56.2 Å². The van der Waals surface area contributed by atoms with Crippen LogP contribution < -0.4 is 4.90 Å². The lowest BCUT2D eigenvalue weighted by Gasteiger charge is -2.36. The number of carbonyl (C=O) groups is 2. The molecule has 0 atom stereocenters. The van der Waals surface area contributed by atoms with Crippen LogP contribution in [0, 0.1) is 0 Å². The van der Waals surface area contributed by atoms with E-state index in [2.05, 4.69) is 16.4 Å². The summed E-state index contributed by atoms with van der Waals surface area (Å²) >= 11 is 0. The Morgan fingerprint density at radius 3 is 2.52 bits per heavy atom. The lowest BCUT2D eigenvalue weighted by molar-refractivity contribution is -0.125. The first-order chi connectivity index (χ1) is 12.9. The Labute approximate surface area is 161 Å². The number of benzene rings is 1. The maximum Gasteiger partial charge on any atom is 0.330 e. The Morgan fingerprint density at radius 1 is 1.22 bits per heavy atom. The first-order valence-electron chi connectivity index (χ1n) is 9.36. The summed E-state index contributed by atoms with van der Waals surface area (Å²) in [6, 6.07) is 7.04. The van der Waals surface area contributed by atoms with Crippen LogP contribution in [0.25, 0.3) is 0 Å². The largest absolute Gasteiger partial charge is 0.508 e. The van der Waals surface area contributed by atoms with E-state index in [1.807, 2.05) is 12.1 Å². The molecular weight excluding hydrogens is 344 g/mol. The summed E-state index contributed by atoms with van der Waals surface area (Å²) in [5.74, 6) is 0.0168. The van der Waals surface area contributed by atoms with Gasteiger partial charge >= 0.3 is 6.03 Å². The number of amides is 3. The second kappa shape index (κ2) is 9.97. The number of anilines is 1. The fourth-order valence-corrected chi connectivity index (χ4v) is 3.13. The molecule has 1 N–H and O–H groups in total. The minimum absolute atomic E-state index is 0.281. The molecule has 0 aliphatic carbocycles. The van der Waals surface area contributed by atoms with Gasteiger partial charge in [0.1, 0.15) is 5.75 Å². The van der Waals surface area contributed by atoms with Crippen molar-refractivity contribution in [3.8, 4) is 5.75 Å². The average Bonchev–Trinajstić information content (AvgIpc) is 2.67. The van der Waals surface area contributed by atoms with Crippen molar-refractivity contribution in [3.05, 3.63) is 37.0 Å². The van der Waals surface area contributed by atoms with Gasteiger partial charge in [-0.05, 0) is 31.5 Å². The molecule has 0 bridgehead atoms. The van der Waals surface area contributed by atoms with E-state index in [1.165, 1.54) is 25.1 Å². The molecule has 0 radical (unpaired) electrons. The van der Waals surface area contributed by atoms with Crippen LogP contribution in [0.3, 0.4) is 0 Å². The number of unbranched alkanes of at least 4 members (excludes halogenated alkanes) is 1. The molecule has 0 unspecified atom stereocenters. The van der Waals surface area contributed by atoms with Crippen LogP contribution in [0.5, 0.6) is 5.75 Å². The number of urea groups is 1. The first kappa shape index (κ1) is 20.8. The van der Waals surface area contributed by atoms with Crippen LogP contribution >= 0.6 is 0 Å². The van der Waals surface area contributed by atoms with Gasteiger partial charge in [-0.15, -0.1) is 0 Å². The van der Waals surface area contributed by atoms with Crippen molar-refractivity contribution in [1.29, 1.82) is 0 Å². The number of phenolic OH excluding ortho intramolecular Hbond substituents is 1. The SMILES string of the molecule is C=CN(CCCCN1CCN(c2cccc(O)c2)CC1)C(=O)N(C)C(C)=O. The summed E-state index contributed by atoms with van der Waals surface area (Å²) < 4.78 is 0. The Morgan fingerprint density at radius 2 is 1.93 bits per heavy atom. The third-order valence-electron chi connectivity index (χ3n) is 4.92. The van der Waals surface area contributed by atoms with Crippen LogP contribution in [0.15, 0.2) is 37.0 Å². The van der Waals surface area contributed by atoms with Crippen molar-refractivity contribution in [1.82, 2.24) is 14.7 Å². The molecule has 7 nitrogen and oxygen atoms in total. The maximum absolute atomic E-state index is 12.1. The Kier molecular flexibility index (Phi) is 7.67. The first-order valence-corrected chi connectivity index (χ1v) is 9.36. The molecule has 1 saturated heterocycles. The number of phenols is 1. The highest BCUT2D eigenvalue weighted by Gasteiger charge is 2.19. The number of hydrogen-bond donors (Lipinski definition) is 1. The van der Waals surface area contributed by atoms with E-state index in [-0.39, 0.29) is 11.9 Å². The average molecular weight is 374 g/mol. The molecule has 27 heavy (non-hydrogen) atoms. The van der Waals surface area contributed by atoms with Gasteiger partial charge in [0.2, 0.25) is 5.91 Å². The van der Waals surface area contributed by atoms with E-state index in [9.17, 15) is 14.7 Å². The van der Waals surface area contributed by atoms with Gasteiger partial charge in [-0.2, -0.15) is 0 Å². The standard InChI is InChI=1S/C20H30N4O3/c1-4-23(20(27)21(3)17(2)25)11-6-5-10-22-12-14-24(15-13-22)18-8-7-9-19(26)16-18/h4,7-9,16,26H,1,5-6,10-15H2,2-3H3. The van der Waals surface area contributed by atoms with E-state index in [1.54, 1.807) is 12.1 Å². The zero-order valence-electron chi connectivity index (χ0n) is 16.3. The lowest BCUT2D eigenvalue weighted by atomic mass is 10.2. The Hall–Kier alpha value is -2.54. The normalized spacial score (nSPS) is 14.7. The van der Waals surface area contributed by atoms with Gasteiger partial charge in [0.15, 0.2) is 0 Å². The van der Waals surface area contributed by atoms with Gasteiger partial charge in [-0.25, -0.2) is 4.79 Å². The third kappa shape index (κ3) is 5.99. The molecule has 7 heteroatoms. The number of rotatable bonds is 7. The van der Waals surface area contributed by atoms with Crippen molar-refractivity contribution in [3.63, 3.8) is 0 Å². The summed E-state index contributed by atoms with van der Waals surface area (Å²) in [5.41, 5.74) is 1.06. The van der Waals surface area contributed by atoms with Gasteiger partial charge in [0.25, 0.3) is 0 Å². The van der Waals surface area contributed by atoms with Gasteiger partial charge in [-0.1, -0.05) is 12.6 Å². The third-order valence-corrected chi connectivity index (χ3v) is 4.92. The zero-order chi connectivity index (χ0) is 19.8. The Balaban J connectivity index is 1.69. The molecule has 1 heterocycles. The number of imide groups is 1. The zero-order valence-corrected chi connectivity index (χ0v) is 16.3. The number of hydrogen-bond acceptors (Lipinski definition) is 5. The number of nitrogens with zero attached hydrogens (tertiary/aromatic N) is 4. The van der Waals surface area contributed by atoms with Crippen LogP contribution in [0.1, 0.15) is 19.8 Å². The molecule has 2 rings (SSSR count). The lowest BCUT2D eigenvalue weighted by Crippen LogP contribution is -2.46. The molecule has 1 fully saturated rings. The van der Waals surface area contributed by atoms with Gasteiger partial charge in [0, 0.05) is 64.6 Å². The summed E-state index contributed by atoms with van der Waals surface area (Å²) in [6.45, 7) is 10.4. The second-order valence-electron chi connectivity index (χ2n) is 6.79. The van der Waals surface area contributed by atoms with E-state index in [0.29, 0.717) is 12.3 Å². The van der Waals surface area contributed by atoms with E-state index < -0.39 is 0 Å². The van der Waals surface area contributed by atoms with Crippen molar-refractivity contribution < 1.29 is 14.7 Å². The van der Waals surface area contributed by atoms with Crippen molar-refractivity contribution in [2.75, 3.05) is 51.2 Å². The number of aromatic hydroxyl groups is 1. The number of carbonyl (C=O) groups excluding carboxylic acids is 2. The van der Waals surface area contributed by atoms with Gasteiger partial charge in [-0.3, -0.25) is 14.6 Å². The predicted molar refractivity (Wildman–Crippen MR) is 107 cm³/mol. The van der Waals surface area contributed by atoms with Crippen molar-refractivity contribution in [2.24, 2.45) is 0 Å². The molecule has 1 aliphatic rings. The van der Waals surface area contributed by atoms with Gasteiger partial charge in [0.05, 0.1) is 0 Å². The van der Waals surface area contributed by atoms with E-state index >= 15 is 0 Å². The highest BCUT2D eigenvalue weighted by molar-refractivity contribution is 5.93. The quantitative estimate of drug-likeness (QED) is 0.742. The molecule has 1 aromatic rings. The predicted octanol–water partition coefficient (Wildman–Crippen LogP) is 2.34. The smallest absolute Gasteiger partial charge is 0.330 e. The summed E-state index contributed by atoms with van der Waals surface area (Å²) in [7, 11) is 1.48. The van der Waals surface area contributed by atoms with Crippen LogP contribution in [0.2, 0.25) is 0 Å². The summed E-state index contributed by atoms with van der Waals surface area (Å²) in [4.78, 5) is 30.7. The van der Waals surface area contributed by atoms with Crippen LogP contribution in [0.4, 0.5) is 10.5 Å². The Bertz CT molecular complexity index is 656. The van der Waals surface area contributed by atoms with Crippen LogP contribution in [-0.2, 0) is 4.79 Å². The minimum atomic E-state index is -0.336. The fourth-order valence-electron chi connectivity index (χ4n) is 3.13. The molecule has 3 amide bonds. The van der Waals surface area contributed by atoms with Crippen molar-refractivity contribution >= 4 is 17.6 Å². The minimum Gasteiger partial charge on any atom is -0.508 e. The summed E-state index contributed by atoms with van der Waals surface area (Å²) in [6.07, 6.45) is 3.32. The van der Waals surface area contributed by atoms with Crippen LogP contribution in [-0.4, -0.2) is 78.1 Å². The topological polar surface area (TPSA) is 67.3 Å². The number of piperazine rings is 1. The van der Waals surface area contributed by atoms with Gasteiger partial charge < -0.3 is 14.9 Å². The monoisotopic (exact) mass is 374 g/mol. The molecule has 1 aliphatic heterocycles. The second-order valence-corrected chi connectivity index (χ2v) is 6.79. The molecule has 0 aromatic heterocycles.